The third kappa shape index (κ3) is 6.39. The van der Waals surface area contributed by atoms with Crippen molar-refractivity contribution >= 4 is 0 Å². The molecule has 0 N–H and O–H groups in total. The molecule has 0 saturated carbocycles. The Morgan fingerprint density at radius 2 is 1.45 bits per heavy atom. The molecule has 0 aliphatic rings. The Morgan fingerprint density at radius 3 is 2.03 bits per heavy atom. The van der Waals surface area contributed by atoms with Crippen molar-refractivity contribution in [2.45, 2.75) is 51.6 Å². The van der Waals surface area contributed by atoms with Crippen LogP contribution in [0.3, 0.4) is 0 Å². The van der Waals surface area contributed by atoms with E-state index in [2.05, 4.69) is 72.2 Å². The number of rotatable bonds is 10. The Labute approximate surface area is 174 Å². The molecular formula is C27H30FN. The molecule has 0 amide bonds. The second kappa shape index (κ2) is 10.7. The standard InChI is InChI=1S/C27H30FN/c1-3-7-23-12-19-27(29-20-23)26-17-15-25(16-18-26)24-13-10-22(11-14-24)9-6-4-5-8-21(2)28/h3,10-21H,1,4-9H2,2H3. The van der Waals surface area contributed by atoms with E-state index in [1.807, 2.05) is 12.3 Å². The number of allylic oxidation sites excluding steroid dienone is 1. The number of benzene rings is 2. The summed E-state index contributed by atoms with van der Waals surface area (Å²) in [5.74, 6) is 0. The third-order valence-corrected chi connectivity index (χ3v) is 5.24. The lowest BCUT2D eigenvalue weighted by Gasteiger charge is -2.07. The van der Waals surface area contributed by atoms with Gasteiger partial charge in [-0.3, -0.25) is 4.98 Å². The molecule has 1 nitrogen and oxygen atoms in total. The van der Waals surface area contributed by atoms with Gasteiger partial charge in [0.2, 0.25) is 0 Å². The number of halogens is 1. The largest absolute Gasteiger partial charge is 0.256 e. The van der Waals surface area contributed by atoms with Gasteiger partial charge >= 0.3 is 0 Å². The quantitative estimate of drug-likeness (QED) is 0.258. The van der Waals surface area contributed by atoms with Crippen LogP contribution >= 0.6 is 0 Å². The summed E-state index contributed by atoms with van der Waals surface area (Å²) in [5, 5.41) is 0. The molecule has 2 heteroatoms. The summed E-state index contributed by atoms with van der Waals surface area (Å²) in [6.45, 7) is 5.41. The van der Waals surface area contributed by atoms with Crippen LogP contribution in [0, 0.1) is 0 Å². The molecule has 0 saturated heterocycles. The first-order chi connectivity index (χ1) is 14.2. The van der Waals surface area contributed by atoms with Crippen molar-refractivity contribution in [1.82, 2.24) is 4.98 Å². The summed E-state index contributed by atoms with van der Waals surface area (Å²) in [4.78, 5) is 4.56. The summed E-state index contributed by atoms with van der Waals surface area (Å²) < 4.78 is 12.8. The molecule has 0 aliphatic carbocycles. The van der Waals surface area contributed by atoms with Gasteiger partial charge in [0.25, 0.3) is 0 Å². The molecule has 0 fully saturated rings. The molecule has 0 spiro atoms. The van der Waals surface area contributed by atoms with E-state index in [1.54, 1.807) is 6.92 Å². The first-order valence-electron chi connectivity index (χ1n) is 10.6. The lowest BCUT2D eigenvalue weighted by molar-refractivity contribution is 0.330. The van der Waals surface area contributed by atoms with Crippen LogP contribution in [0.5, 0.6) is 0 Å². The predicted molar refractivity (Wildman–Crippen MR) is 122 cm³/mol. The SMILES string of the molecule is C=CCc1ccc(-c2ccc(-c3ccc(CCCCCC(C)F)cc3)cc2)nc1. The van der Waals surface area contributed by atoms with Crippen LogP contribution in [0.2, 0.25) is 0 Å². The molecule has 29 heavy (non-hydrogen) atoms. The van der Waals surface area contributed by atoms with Crippen molar-refractivity contribution in [2.24, 2.45) is 0 Å². The van der Waals surface area contributed by atoms with Crippen LogP contribution < -0.4 is 0 Å². The third-order valence-electron chi connectivity index (χ3n) is 5.24. The molecule has 1 unspecified atom stereocenters. The van der Waals surface area contributed by atoms with Crippen molar-refractivity contribution < 1.29 is 4.39 Å². The first-order valence-corrected chi connectivity index (χ1v) is 10.6. The van der Waals surface area contributed by atoms with Gasteiger partial charge in [0.1, 0.15) is 0 Å². The van der Waals surface area contributed by atoms with Crippen molar-refractivity contribution in [3.05, 3.63) is 90.6 Å². The molecule has 150 valence electrons. The van der Waals surface area contributed by atoms with Crippen LogP contribution in [0.15, 0.2) is 79.5 Å². The van der Waals surface area contributed by atoms with Gasteiger partial charge in [-0.25, -0.2) is 4.39 Å². The van der Waals surface area contributed by atoms with Crippen LogP contribution in [0.25, 0.3) is 22.4 Å². The molecule has 0 radical (unpaired) electrons. The molecule has 3 aromatic rings. The number of unbranched alkanes of at least 4 members (excludes halogenated alkanes) is 2. The average Bonchev–Trinajstić information content (AvgIpc) is 2.75. The second-order valence-corrected chi connectivity index (χ2v) is 7.70. The predicted octanol–water partition coefficient (Wildman–Crippen LogP) is 7.61. The Kier molecular flexibility index (Phi) is 7.75. The smallest absolute Gasteiger partial charge is 0.0973 e. The van der Waals surface area contributed by atoms with E-state index in [4.69, 9.17) is 0 Å². The summed E-state index contributed by atoms with van der Waals surface area (Å²) in [6, 6.07) is 21.5. The number of alkyl halides is 1. The number of hydrogen-bond donors (Lipinski definition) is 0. The molecule has 2 aromatic carbocycles. The Morgan fingerprint density at radius 1 is 0.828 bits per heavy atom. The average molecular weight is 388 g/mol. The van der Waals surface area contributed by atoms with E-state index in [1.165, 1.54) is 22.3 Å². The van der Waals surface area contributed by atoms with Gasteiger partial charge in [-0.05, 0) is 60.9 Å². The fourth-order valence-corrected chi connectivity index (χ4v) is 3.51. The van der Waals surface area contributed by atoms with Gasteiger partial charge in [-0.2, -0.15) is 0 Å². The van der Waals surface area contributed by atoms with E-state index in [0.717, 1.165) is 43.4 Å². The lowest BCUT2D eigenvalue weighted by Crippen LogP contribution is -1.92. The summed E-state index contributed by atoms with van der Waals surface area (Å²) in [6.07, 6.45) is 8.93. The molecule has 1 aromatic heterocycles. The van der Waals surface area contributed by atoms with Crippen molar-refractivity contribution in [3.63, 3.8) is 0 Å². The second-order valence-electron chi connectivity index (χ2n) is 7.70. The zero-order valence-electron chi connectivity index (χ0n) is 17.3. The Hall–Kier alpha value is -2.74. The van der Waals surface area contributed by atoms with E-state index in [9.17, 15) is 4.39 Å². The molecular weight excluding hydrogens is 357 g/mol. The summed E-state index contributed by atoms with van der Waals surface area (Å²) in [7, 11) is 0. The number of nitrogens with zero attached hydrogens (tertiary/aromatic N) is 1. The van der Waals surface area contributed by atoms with Gasteiger partial charge < -0.3 is 0 Å². The molecule has 1 heterocycles. The van der Waals surface area contributed by atoms with Crippen molar-refractivity contribution in [3.8, 4) is 22.4 Å². The van der Waals surface area contributed by atoms with E-state index < -0.39 is 6.17 Å². The van der Waals surface area contributed by atoms with Crippen LogP contribution in [-0.2, 0) is 12.8 Å². The molecule has 1 atom stereocenters. The van der Waals surface area contributed by atoms with Crippen molar-refractivity contribution in [1.29, 1.82) is 0 Å². The van der Waals surface area contributed by atoms with E-state index >= 15 is 0 Å². The maximum atomic E-state index is 12.8. The highest BCUT2D eigenvalue weighted by Crippen LogP contribution is 2.25. The lowest BCUT2D eigenvalue weighted by atomic mass is 9.99. The van der Waals surface area contributed by atoms with E-state index in [0.29, 0.717) is 6.42 Å². The minimum Gasteiger partial charge on any atom is -0.256 e. The summed E-state index contributed by atoms with van der Waals surface area (Å²) in [5.41, 5.74) is 7.07. The van der Waals surface area contributed by atoms with Crippen LogP contribution in [0.4, 0.5) is 4.39 Å². The zero-order chi connectivity index (χ0) is 20.5. The number of aryl methyl sites for hydroxylation is 1. The number of hydrogen-bond acceptors (Lipinski definition) is 1. The van der Waals surface area contributed by atoms with Gasteiger partial charge in [-0.1, -0.05) is 73.5 Å². The number of pyridine rings is 1. The molecule has 3 rings (SSSR count). The van der Waals surface area contributed by atoms with Gasteiger partial charge in [0, 0.05) is 11.8 Å². The highest BCUT2D eigenvalue weighted by atomic mass is 19.1. The highest BCUT2D eigenvalue weighted by Gasteiger charge is 2.03. The number of aromatic nitrogens is 1. The highest BCUT2D eigenvalue weighted by molar-refractivity contribution is 5.69. The molecule has 0 aliphatic heterocycles. The maximum Gasteiger partial charge on any atom is 0.0973 e. The normalized spacial score (nSPS) is 11.9. The maximum absolute atomic E-state index is 12.8. The topological polar surface area (TPSA) is 12.9 Å². The minimum atomic E-state index is -0.673. The van der Waals surface area contributed by atoms with Gasteiger partial charge in [0.05, 0.1) is 11.9 Å². The fourth-order valence-electron chi connectivity index (χ4n) is 3.51. The summed E-state index contributed by atoms with van der Waals surface area (Å²) >= 11 is 0. The zero-order valence-corrected chi connectivity index (χ0v) is 17.3. The van der Waals surface area contributed by atoms with Crippen LogP contribution in [0.1, 0.15) is 43.7 Å². The van der Waals surface area contributed by atoms with E-state index in [-0.39, 0.29) is 0 Å². The van der Waals surface area contributed by atoms with Crippen molar-refractivity contribution in [2.75, 3.05) is 0 Å². The monoisotopic (exact) mass is 387 g/mol. The van der Waals surface area contributed by atoms with Gasteiger partial charge in [-0.15, -0.1) is 6.58 Å². The minimum absolute atomic E-state index is 0.673. The fraction of sp³-hybridized carbons (Fsp3) is 0.296. The van der Waals surface area contributed by atoms with Gasteiger partial charge in [0.15, 0.2) is 0 Å². The Bertz CT molecular complexity index is 877. The first kappa shape index (κ1) is 21.0. The van der Waals surface area contributed by atoms with Crippen LogP contribution in [-0.4, -0.2) is 11.2 Å². The molecule has 0 bridgehead atoms. The Balaban J connectivity index is 1.57.